The van der Waals surface area contributed by atoms with Crippen molar-refractivity contribution in [2.45, 2.75) is 33.7 Å². The first-order chi connectivity index (χ1) is 12.5. The van der Waals surface area contributed by atoms with Crippen LogP contribution >= 0.6 is 15.9 Å². The molecule has 0 radical (unpaired) electrons. The van der Waals surface area contributed by atoms with Gasteiger partial charge in [0.2, 0.25) is 0 Å². The van der Waals surface area contributed by atoms with Crippen LogP contribution in [-0.4, -0.2) is 24.3 Å². The van der Waals surface area contributed by atoms with Crippen molar-refractivity contribution in [1.29, 1.82) is 0 Å². The molecule has 0 heterocycles. The lowest BCUT2D eigenvalue weighted by Crippen LogP contribution is -2.06. The van der Waals surface area contributed by atoms with E-state index in [2.05, 4.69) is 28.2 Å². The molecule has 0 saturated carbocycles. The number of aryl methyl sites for hydroxylation is 1. The number of aromatic carboxylic acids is 1. The molecule has 2 rings (SSSR count). The predicted octanol–water partition coefficient (Wildman–Crippen LogP) is 5.26. The molecule has 26 heavy (non-hydrogen) atoms. The van der Waals surface area contributed by atoms with Crippen molar-refractivity contribution in [3.05, 3.63) is 51.5 Å². The highest BCUT2D eigenvalue weighted by Crippen LogP contribution is 2.34. The highest BCUT2D eigenvalue weighted by Gasteiger charge is 2.12. The van der Waals surface area contributed by atoms with Crippen molar-refractivity contribution in [1.82, 2.24) is 0 Å². The molecule has 0 bridgehead atoms. The van der Waals surface area contributed by atoms with E-state index in [1.165, 1.54) is 0 Å². The van der Waals surface area contributed by atoms with Gasteiger partial charge in [-0.3, -0.25) is 0 Å². The summed E-state index contributed by atoms with van der Waals surface area (Å²) in [5.74, 6) is 0.482. The van der Waals surface area contributed by atoms with E-state index in [1.54, 1.807) is 18.2 Å². The summed E-state index contributed by atoms with van der Waals surface area (Å²) in [7, 11) is 0. The Labute approximate surface area is 162 Å². The van der Waals surface area contributed by atoms with E-state index in [9.17, 15) is 4.79 Å². The molecule has 0 aromatic heterocycles. The number of hydrogen-bond donors (Lipinski definition) is 2. The fourth-order valence-electron chi connectivity index (χ4n) is 2.44. The molecular formula is C20H24BrNO4. The monoisotopic (exact) mass is 421 g/mol. The zero-order valence-electron chi connectivity index (χ0n) is 15.3. The van der Waals surface area contributed by atoms with E-state index in [0.29, 0.717) is 31.3 Å². The fraction of sp³-hybridized carbons (Fsp3) is 0.350. The van der Waals surface area contributed by atoms with E-state index in [1.807, 2.05) is 26.0 Å². The average Bonchev–Trinajstić information content (AvgIpc) is 2.61. The number of carboxylic acids is 1. The maximum absolute atomic E-state index is 11.2. The summed E-state index contributed by atoms with van der Waals surface area (Å²) in [5.41, 5.74) is 3.04. The van der Waals surface area contributed by atoms with Gasteiger partial charge in [-0.2, -0.15) is 0 Å². The Kier molecular flexibility index (Phi) is 7.33. The second kappa shape index (κ2) is 9.48. The van der Waals surface area contributed by atoms with Crippen LogP contribution in [0.4, 0.5) is 5.69 Å². The summed E-state index contributed by atoms with van der Waals surface area (Å²) < 4.78 is 12.4. The summed E-state index contributed by atoms with van der Waals surface area (Å²) in [6, 6.07) is 8.91. The van der Waals surface area contributed by atoms with Gasteiger partial charge >= 0.3 is 5.97 Å². The molecule has 5 nitrogen and oxygen atoms in total. The maximum Gasteiger partial charge on any atom is 0.335 e. The van der Waals surface area contributed by atoms with Crippen LogP contribution in [0.3, 0.4) is 0 Å². The third kappa shape index (κ3) is 5.14. The predicted molar refractivity (Wildman–Crippen MR) is 107 cm³/mol. The quantitative estimate of drug-likeness (QED) is 0.578. The van der Waals surface area contributed by atoms with Gasteiger partial charge < -0.3 is 19.9 Å². The molecule has 0 atom stereocenters. The van der Waals surface area contributed by atoms with Gasteiger partial charge in [0.25, 0.3) is 0 Å². The number of carboxylic acid groups (broad SMARTS) is 1. The van der Waals surface area contributed by atoms with Crippen LogP contribution in [0, 0.1) is 6.92 Å². The third-order valence-electron chi connectivity index (χ3n) is 3.83. The Morgan fingerprint density at radius 3 is 2.54 bits per heavy atom. The van der Waals surface area contributed by atoms with Crippen LogP contribution in [0.15, 0.2) is 34.8 Å². The van der Waals surface area contributed by atoms with Gasteiger partial charge in [-0.05, 0) is 55.7 Å². The Morgan fingerprint density at radius 1 is 1.15 bits per heavy atom. The number of halogens is 1. The molecule has 140 valence electrons. The van der Waals surface area contributed by atoms with Gasteiger partial charge in [-0.25, -0.2) is 4.79 Å². The van der Waals surface area contributed by atoms with Crippen LogP contribution in [0.5, 0.6) is 11.5 Å². The van der Waals surface area contributed by atoms with Gasteiger partial charge in [0.05, 0.1) is 18.8 Å². The number of carbonyl (C=O) groups is 1. The Hall–Kier alpha value is -2.21. The van der Waals surface area contributed by atoms with Crippen molar-refractivity contribution in [3.8, 4) is 11.5 Å². The number of anilines is 1. The molecule has 0 aliphatic heterocycles. The van der Waals surface area contributed by atoms with Crippen LogP contribution in [0.25, 0.3) is 0 Å². The normalized spacial score (nSPS) is 10.5. The summed E-state index contributed by atoms with van der Waals surface area (Å²) >= 11 is 3.58. The van der Waals surface area contributed by atoms with E-state index < -0.39 is 5.97 Å². The number of hydrogen-bond acceptors (Lipinski definition) is 4. The van der Waals surface area contributed by atoms with Crippen molar-refractivity contribution in [2.24, 2.45) is 0 Å². The minimum absolute atomic E-state index is 0.260. The van der Waals surface area contributed by atoms with Crippen molar-refractivity contribution in [3.63, 3.8) is 0 Å². The summed E-state index contributed by atoms with van der Waals surface area (Å²) in [6.07, 6.45) is 0.922. The highest BCUT2D eigenvalue weighted by atomic mass is 79.9. The molecule has 0 aliphatic carbocycles. The van der Waals surface area contributed by atoms with Crippen LogP contribution in [-0.2, 0) is 6.54 Å². The molecule has 6 heteroatoms. The molecule has 0 fully saturated rings. The summed E-state index contributed by atoms with van der Waals surface area (Å²) in [4.78, 5) is 11.2. The molecule has 2 aromatic carbocycles. The number of nitrogens with one attached hydrogen (secondary N) is 1. The Balaban J connectivity index is 2.22. The van der Waals surface area contributed by atoms with Gasteiger partial charge in [0.1, 0.15) is 0 Å². The summed E-state index contributed by atoms with van der Waals surface area (Å²) in [5, 5.41) is 12.5. The van der Waals surface area contributed by atoms with Gasteiger partial charge in [-0.1, -0.05) is 28.9 Å². The van der Waals surface area contributed by atoms with E-state index in [4.69, 9.17) is 14.6 Å². The topological polar surface area (TPSA) is 67.8 Å². The van der Waals surface area contributed by atoms with E-state index in [-0.39, 0.29) is 5.56 Å². The van der Waals surface area contributed by atoms with Crippen LogP contribution in [0.2, 0.25) is 0 Å². The van der Waals surface area contributed by atoms with Gasteiger partial charge in [-0.15, -0.1) is 0 Å². The van der Waals surface area contributed by atoms with Crippen molar-refractivity contribution in [2.75, 3.05) is 18.5 Å². The molecule has 0 unspecified atom stereocenters. The first-order valence-electron chi connectivity index (χ1n) is 8.62. The largest absolute Gasteiger partial charge is 0.490 e. The first kappa shape index (κ1) is 20.1. The van der Waals surface area contributed by atoms with E-state index >= 15 is 0 Å². The second-order valence-corrected chi connectivity index (χ2v) is 6.71. The SMILES string of the molecule is CCCOc1cc(Br)c(CNc2cc(C(=O)O)ccc2C)cc1OCC. The molecule has 0 aliphatic rings. The van der Waals surface area contributed by atoms with Crippen molar-refractivity contribution >= 4 is 27.6 Å². The molecule has 2 N–H and O–H groups in total. The van der Waals surface area contributed by atoms with Crippen LogP contribution < -0.4 is 14.8 Å². The second-order valence-electron chi connectivity index (χ2n) is 5.86. The number of ether oxygens (including phenoxy) is 2. The lowest BCUT2D eigenvalue weighted by molar-refractivity contribution is 0.0697. The molecular weight excluding hydrogens is 398 g/mol. The fourth-order valence-corrected chi connectivity index (χ4v) is 2.90. The van der Waals surface area contributed by atoms with Crippen molar-refractivity contribution < 1.29 is 19.4 Å². The molecule has 2 aromatic rings. The summed E-state index contributed by atoms with van der Waals surface area (Å²) in [6.45, 7) is 7.64. The highest BCUT2D eigenvalue weighted by molar-refractivity contribution is 9.10. The number of benzene rings is 2. The third-order valence-corrected chi connectivity index (χ3v) is 4.57. The lowest BCUT2D eigenvalue weighted by Gasteiger charge is -2.16. The lowest BCUT2D eigenvalue weighted by atomic mass is 10.1. The van der Waals surface area contributed by atoms with Crippen LogP contribution in [0.1, 0.15) is 41.8 Å². The molecule has 0 amide bonds. The van der Waals surface area contributed by atoms with Gasteiger partial charge in [0.15, 0.2) is 11.5 Å². The smallest absolute Gasteiger partial charge is 0.335 e. The maximum atomic E-state index is 11.2. The zero-order valence-corrected chi connectivity index (χ0v) is 16.9. The minimum Gasteiger partial charge on any atom is -0.490 e. The average molecular weight is 422 g/mol. The number of rotatable bonds is 9. The Bertz CT molecular complexity index is 777. The Morgan fingerprint density at radius 2 is 1.88 bits per heavy atom. The molecule has 0 spiro atoms. The molecule has 0 saturated heterocycles. The standard InChI is InChI=1S/C20H24BrNO4/c1-4-8-26-19-11-16(21)15(10-18(19)25-5-2)12-22-17-9-14(20(23)24)7-6-13(17)3/h6-7,9-11,22H,4-5,8,12H2,1-3H3,(H,23,24). The van der Waals surface area contributed by atoms with E-state index in [0.717, 1.165) is 27.7 Å². The van der Waals surface area contributed by atoms with Gasteiger partial charge in [0, 0.05) is 16.7 Å². The zero-order chi connectivity index (χ0) is 19.1. The minimum atomic E-state index is -0.940. The first-order valence-corrected chi connectivity index (χ1v) is 9.41.